The van der Waals surface area contributed by atoms with Gasteiger partial charge in [0.2, 0.25) is 5.95 Å². The molecule has 13 nitrogen and oxygen atoms in total. The number of aromatic amines is 1. The van der Waals surface area contributed by atoms with Crippen LogP contribution in [0.15, 0.2) is 96.1 Å². The van der Waals surface area contributed by atoms with Crippen molar-refractivity contribution < 1.29 is 14.3 Å². The van der Waals surface area contributed by atoms with Gasteiger partial charge in [0, 0.05) is 79.1 Å². The third-order valence-electron chi connectivity index (χ3n) is 10.8. The van der Waals surface area contributed by atoms with Crippen molar-refractivity contribution in [2.24, 2.45) is 0 Å². The molecule has 0 aliphatic carbocycles. The predicted octanol–water partition coefficient (Wildman–Crippen LogP) is 5.17. The summed E-state index contributed by atoms with van der Waals surface area (Å²) in [6, 6.07) is 25.2. The van der Waals surface area contributed by atoms with Crippen molar-refractivity contribution in [2.45, 2.75) is 25.9 Å². The van der Waals surface area contributed by atoms with Gasteiger partial charge in [-0.2, -0.15) is 4.98 Å². The van der Waals surface area contributed by atoms with Crippen molar-refractivity contribution in [1.29, 1.82) is 0 Å². The lowest BCUT2D eigenvalue weighted by molar-refractivity contribution is 0.0956. The lowest BCUT2D eigenvalue weighted by atomic mass is 9.98. The molecule has 0 saturated carbocycles. The maximum atomic E-state index is 14.4. The lowest BCUT2D eigenvalue weighted by Gasteiger charge is -2.39. The first-order valence-electron chi connectivity index (χ1n) is 18.5. The van der Waals surface area contributed by atoms with E-state index in [1.807, 2.05) is 18.2 Å². The molecule has 1 fully saturated rings. The molecule has 6 heterocycles. The van der Waals surface area contributed by atoms with Crippen molar-refractivity contribution in [3.8, 4) is 17.1 Å². The molecule has 0 radical (unpaired) electrons. The third-order valence-corrected chi connectivity index (χ3v) is 10.8. The van der Waals surface area contributed by atoms with Gasteiger partial charge in [-0.25, -0.2) is 23.7 Å². The average Bonchev–Trinajstić information content (AvgIpc) is 3.65. The molecule has 1 atom stereocenters. The van der Waals surface area contributed by atoms with Crippen LogP contribution in [-0.2, 0) is 13.0 Å². The number of piperazine rings is 1. The molecule has 4 N–H and O–H groups in total. The van der Waals surface area contributed by atoms with E-state index in [0.717, 1.165) is 59.8 Å². The molecule has 1 saturated heterocycles. The van der Waals surface area contributed by atoms with Crippen molar-refractivity contribution in [3.63, 3.8) is 0 Å². The van der Waals surface area contributed by atoms with Crippen LogP contribution in [0.5, 0.6) is 0 Å². The van der Waals surface area contributed by atoms with Crippen LogP contribution in [0.1, 0.15) is 34.5 Å². The maximum Gasteiger partial charge on any atom is 0.278 e. The van der Waals surface area contributed by atoms with Crippen LogP contribution in [0.2, 0.25) is 0 Å². The number of anilines is 3. The predicted molar refractivity (Wildman–Crippen MR) is 210 cm³/mol. The normalized spacial score (nSPS) is 15.3. The van der Waals surface area contributed by atoms with Gasteiger partial charge in [-0.1, -0.05) is 30.3 Å². The fourth-order valence-corrected chi connectivity index (χ4v) is 7.93. The number of pyridine rings is 1. The van der Waals surface area contributed by atoms with E-state index in [0.29, 0.717) is 46.8 Å². The molecule has 278 valence electrons. The molecule has 4 aromatic heterocycles. The highest BCUT2D eigenvalue weighted by atomic mass is 19.1. The molecule has 2 aliphatic heterocycles. The molecule has 3 aromatic carbocycles. The number of fused-ring (bicyclic) bond motifs is 1. The standard InChI is InChI=1S/C41H39FN10O3/c1-25(26-5-7-27(8-6-26)37-31-13-15-44-39(54)32-22-28(42)23-34(47-37)36(31)32)49-16-18-50(19-17-49)30-11-9-29(10-12-30)46-41-45-24-33-38(48-41)52(35-4-2-3-14-43-35)51(20-21-53)40(33)55/h2-12,14,22-25,47,53H,13,15-21H2,1H3,(H,44,54)(H,45,46,48). The number of nitrogens with zero attached hydrogens (tertiary/aromatic N) is 7. The first-order valence-corrected chi connectivity index (χ1v) is 18.5. The molecular weight excluding hydrogens is 700 g/mol. The molecule has 7 aromatic rings. The Labute approximate surface area is 315 Å². The second kappa shape index (κ2) is 14.1. The number of aromatic nitrogens is 6. The van der Waals surface area contributed by atoms with Crippen molar-refractivity contribution >= 4 is 45.2 Å². The number of carbonyl (C=O) groups excluding carboxylic acids is 1. The zero-order valence-corrected chi connectivity index (χ0v) is 30.2. The summed E-state index contributed by atoms with van der Waals surface area (Å²) in [5.41, 5.74) is 7.27. The fraction of sp³-hybridized carbons (Fsp3) is 0.244. The van der Waals surface area contributed by atoms with E-state index in [1.165, 1.54) is 28.6 Å². The van der Waals surface area contributed by atoms with E-state index in [4.69, 9.17) is 0 Å². The number of H-pyrrole nitrogens is 1. The van der Waals surface area contributed by atoms with Crippen LogP contribution >= 0.6 is 0 Å². The van der Waals surface area contributed by atoms with Crippen LogP contribution < -0.4 is 21.1 Å². The molecule has 9 rings (SSSR count). The Hall–Kier alpha value is -6.38. The number of nitrogens with one attached hydrogen (secondary N) is 3. The summed E-state index contributed by atoms with van der Waals surface area (Å²) in [7, 11) is 0. The number of aliphatic hydroxyl groups is 1. The molecule has 1 unspecified atom stereocenters. The van der Waals surface area contributed by atoms with Gasteiger partial charge in [-0.05, 0) is 78.6 Å². The van der Waals surface area contributed by atoms with Crippen LogP contribution in [0.3, 0.4) is 0 Å². The van der Waals surface area contributed by atoms with Gasteiger partial charge in [0.05, 0.1) is 18.7 Å². The number of aliphatic hydroxyl groups excluding tert-OH is 1. The Morgan fingerprint density at radius 1 is 0.964 bits per heavy atom. The smallest absolute Gasteiger partial charge is 0.278 e. The van der Waals surface area contributed by atoms with E-state index < -0.39 is 5.82 Å². The number of benzene rings is 3. The first-order chi connectivity index (χ1) is 26.9. The summed E-state index contributed by atoms with van der Waals surface area (Å²) in [6.45, 7) is 6.22. The number of hydrogen-bond acceptors (Lipinski definition) is 9. The van der Waals surface area contributed by atoms with Crippen molar-refractivity contribution in [1.82, 2.24) is 39.5 Å². The fourth-order valence-electron chi connectivity index (χ4n) is 7.93. The lowest BCUT2D eigenvalue weighted by Crippen LogP contribution is -2.47. The summed E-state index contributed by atoms with van der Waals surface area (Å²) in [4.78, 5) is 47.5. The minimum Gasteiger partial charge on any atom is -0.394 e. The quantitative estimate of drug-likeness (QED) is 0.157. The number of amides is 1. The molecule has 0 spiro atoms. The largest absolute Gasteiger partial charge is 0.394 e. The van der Waals surface area contributed by atoms with Gasteiger partial charge in [-0.3, -0.25) is 14.5 Å². The SMILES string of the molecule is CC(c1ccc(-c2[nH]c3cc(F)cc4c3c2CCNC4=O)cc1)N1CCN(c2ccc(Nc3ncc4c(=O)n(CCO)n(-c5ccccn5)c4n3)cc2)CC1. The molecule has 1 amide bonds. The molecule has 55 heavy (non-hydrogen) atoms. The monoisotopic (exact) mass is 738 g/mol. The number of carbonyl (C=O) groups is 1. The number of rotatable bonds is 9. The van der Waals surface area contributed by atoms with Crippen LogP contribution in [-0.4, -0.2) is 84.5 Å². The van der Waals surface area contributed by atoms with Gasteiger partial charge in [0.1, 0.15) is 11.2 Å². The van der Waals surface area contributed by atoms with E-state index in [9.17, 15) is 19.1 Å². The zero-order chi connectivity index (χ0) is 37.6. The summed E-state index contributed by atoms with van der Waals surface area (Å²) in [5, 5.41) is 16.9. The van der Waals surface area contributed by atoms with Gasteiger partial charge >= 0.3 is 0 Å². The third kappa shape index (κ3) is 6.28. The Balaban J connectivity index is 0.857. The molecule has 14 heteroatoms. The van der Waals surface area contributed by atoms with E-state index in [2.05, 4.69) is 83.7 Å². The second-order valence-electron chi connectivity index (χ2n) is 13.9. The van der Waals surface area contributed by atoms with Crippen LogP contribution in [0.25, 0.3) is 39.0 Å². The first kappa shape index (κ1) is 34.4. The highest BCUT2D eigenvalue weighted by Crippen LogP contribution is 2.36. The highest BCUT2D eigenvalue weighted by molar-refractivity contribution is 6.10. The zero-order valence-electron chi connectivity index (χ0n) is 30.2. The Bertz CT molecular complexity index is 2590. The van der Waals surface area contributed by atoms with E-state index >= 15 is 0 Å². The summed E-state index contributed by atoms with van der Waals surface area (Å²) < 4.78 is 17.4. The minimum absolute atomic E-state index is 0.0960. The second-order valence-corrected chi connectivity index (χ2v) is 13.9. The van der Waals surface area contributed by atoms with Gasteiger partial charge in [-0.15, -0.1) is 0 Å². The molecule has 2 aliphatic rings. The van der Waals surface area contributed by atoms with Crippen molar-refractivity contribution in [2.75, 3.05) is 49.5 Å². The Morgan fingerprint density at radius 3 is 2.51 bits per heavy atom. The minimum atomic E-state index is -0.430. The van der Waals surface area contributed by atoms with E-state index in [-0.39, 0.29) is 30.7 Å². The van der Waals surface area contributed by atoms with E-state index in [1.54, 1.807) is 23.0 Å². The van der Waals surface area contributed by atoms with Crippen LogP contribution in [0, 0.1) is 5.82 Å². The van der Waals surface area contributed by atoms with Gasteiger partial charge < -0.3 is 25.6 Å². The van der Waals surface area contributed by atoms with Crippen LogP contribution in [0.4, 0.5) is 21.7 Å². The summed E-state index contributed by atoms with van der Waals surface area (Å²) in [6.07, 6.45) is 3.82. The molecular formula is C41H39FN10O3. The summed E-state index contributed by atoms with van der Waals surface area (Å²) in [5.74, 6) is 0.185. The van der Waals surface area contributed by atoms with Gasteiger partial charge in [0.25, 0.3) is 11.5 Å². The van der Waals surface area contributed by atoms with Gasteiger partial charge in [0.15, 0.2) is 11.5 Å². The topological polar surface area (TPSA) is 149 Å². The Morgan fingerprint density at radius 2 is 1.76 bits per heavy atom. The Kier molecular flexibility index (Phi) is 8.83. The average molecular weight is 739 g/mol. The molecule has 0 bridgehead atoms. The maximum absolute atomic E-state index is 14.4. The highest BCUT2D eigenvalue weighted by Gasteiger charge is 2.25. The summed E-state index contributed by atoms with van der Waals surface area (Å²) >= 11 is 0. The van der Waals surface area contributed by atoms with Crippen molar-refractivity contribution in [3.05, 3.63) is 124 Å². The number of hydrogen-bond donors (Lipinski definition) is 4. The number of halogens is 1.